The number of rotatable bonds is 3. The first-order valence-corrected chi connectivity index (χ1v) is 7.72. The molecule has 0 amide bonds. The fourth-order valence-electron chi connectivity index (χ4n) is 2.97. The summed E-state index contributed by atoms with van der Waals surface area (Å²) in [7, 11) is 1.98. The molecular formula is C16H19N5O2. The maximum Gasteiger partial charge on any atom is 0.226 e. The van der Waals surface area contributed by atoms with Gasteiger partial charge in [0.1, 0.15) is 18.9 Å². The molecule has 0 N–H and O–H groups in total. The topological polar surface area (TPSA) is 55.7 Å². The van der Waals surface area contributed by atoms with Crippen LogP contribution in [0.5, 0.6) is 11.5 Å². The highest BCUT2D eigenvalue weighted by Crippen LogP contribution is 2.31. The number of anilines is 1. The van der Waals surface area contributed by atoms with Gasteiger partial charge in [-0.1, -0.05) is 6.07 Å². The van der Waals surface area contributed by atoms with Gasteiger partial charge in [-0.05, 0) is 17.7 Å². The molecule has 1 fully saturated rings. The number of nitrogens with zero attached hydrogens (tertiary/aromatic N) is 5. The molecule has 0 spiro atoms. The fraction of sp³-hybridized carbons (Fsp3) is 0.375. The molecular weight excluding hydrogens is 294 g/mol. The lowest BCUT2D eigenvalue weighted by Gasteiger charge is -2.35. The van der Waals surface area contributed by atoms with E-state index in [1.807, 2.05) is 23.7 Å². The van der Waals surface area contributed by atoms with Crippen molar-refractivity contribution < 1.29 is 9.47 Å². The molecule has 4 rings (SSSR count). The van der Waals surface area contributed by atoms with E-state index < -0.39 is 0 Å². The van der Waals surface area contributed by atoms with Gasteiger partial charge in [0.05, 0.1) is 0 Å². The Hall–Kier alpha value is -2.54. The molecule has 0 radical (unpaired) electrons. The van der Waals surface area contributed by atoms with Crippen LogP contribution in [0.15, 0.2) is 37.1 Å². The smallest absolute Gasteiger partial charge is 0.226 e. The summed E-state index contributed by atoms with van der Waals surface area (Å²) in [5, 5.41) is 8.13. The van der Waals surface area contributed by atoms with Crippen LogP contribution in [-0.4, -0.2) is 45.8 Å². The van der Waals surface area contributed by atoms with E-state index in [0.717, 1.165) is 50.2 Å². The number of hydrogen-bond acceptors (Lipinski definition) is 6. The van der Waals surface area contributed by atoms with E-state index >= 15 is 0 Å². The quantitative estimate of drug-likeness (QED) is 0.853. The third-order valence-electron chi connectivity index (χ3n) is 4.20. The highest BCUT2D eigenvalue weighted by atomic mass is 16.5. The standard InChI is InChI=1S/C16H19N5O2/c1-19-12-17-18-16(19)21-6-4-20(5-7-21)11-13-2-3-14-15(10-13)23-9-8-22-14/h2-3,8-10,12H,4-7,11H2,1H3. The van der Waals surface area contributed by atoms with Crippen molar-refractivity contribution in [3.05, 3.63) is 42.6 Å². The lowest BCUT2D eigenvalue weighted by Crippen LogP contribution is -2.46. The van der Waals surface area contributed by atoms with Crippen LogP contribution in [0.25, 0.3) is 0 Å². The van der Waals surface area contributed by atoms with Gasteiger partial charge in [-0.3, -0.25) is 4.90 Å². The second-order valence-corrected chi connectivity index (χ2v) is 5.79. The number of aryl methyl sites for hydroxylation is 1. The zero-order chi connectivity index (χ0) is 15.6. The minimum atomic E-state index is 0.767. The first-order valence-electron chi connectivity index (χ1n) is 7.72. The van der Waals surface area contributed by atoms with Gasteiger partial charge in [-0.25, -0.2) is 0 Å². The third-order valence-corrected chi connectivity index (χ3v) is 4.20. The average Bonchev–Trinajstić information content (AvgIpc) is 3.02. The van der Waals surface area contributed by atoms with Crippen LogP contribution in [0, 0.1) is 0 Å². The molecule has 1 saturated heterocycles. The Kier molecular flexibility index (Phi) is 3.63. The largest absolute Gasteiger partial charge is 0.458 e. The van der Waals surface area contributed by atoms with Crippen LogP contribution in [0.4, 0.5) is 5.95 Å². The van der Waals surface area contributed by atoms with Crippen molar-refractivity contribution in [1.29, 1.82) is 0 Å². The van der Waals surface area contributed by atoms with Crippen molar-refractivity contribution in [2.45, 2.75) is 6.54 Å². The van der Waals surface area contributed by atoms with E-state index in [1.54, 1.807) is 18.9 Å². The van der Waals surface area contributed by atoms with Gasteiger partial charge in [0, 0.05) is 39.8 Å². The van der Waals surface area contributed by atoms with E-state index in [9.17, 15) is 0 Å². The molecule has 0 saturated carbocycles. The Balaban J connectivity index is 1.37. The summed E-state index contributed by atoms with van der Waals surface area (Å²) in [4.78, 5) is 4.71. The summed E-state index contributed by atoms with van der Waals surface area (Å²) in [5.74, 6) is 2.49. The molecule has 1 aromatic heterocycles. The monoisotopic (exact) mass is 313 g/mol. The molecule has 0 bridgehead atoms. The van der Waals surface area contributed by atoms with Crippen molar-refractivity contribution in [2.75, 3.05) is 31.1 Å². The molecule has 3 heterocycles. The summed E-state index contributed by atoms with van der Waals surface area (Å²) in [6, 6.07) is 6.11. The molecule has 0 atom stereocenters. The van der Waals surface area contributed by atoms with Crippen LogP contribution >= 0.6 is 0 Å². The molecule has 2 aromatic rings. The molecule has 23 heavy (non-hydrogen) atoms. The van der Waals surface area contributed by atoms with Crippen molar-refractivity contribution in [2.24, 2.45) is 7.05 Å². The summed E-state index contributed by atoms with van der Waals surface area (Å²) in [6.07, 6.45) is 4.85. The summed E-state index contributed by atoms with van der Waals surface area (Å²) in [5.41, 5.74) is 1.23. The van der Waals surface area contributed by atoms with Crippen molar-refractivity contribution in [3.63, 3.8) is 0 Å². The number of aromatic nitrogens is 3. The predicted molar refractivity (Wildman–Crippen MR) is 85.3 cm³/mol. The fourth-order valence-corrected chi connectivity index (χ4v) is 2.97. The first-order chi connectivity index (χ1) is 11.3. The zero-order valence-corrected chi connectivity index (χ0v) is 13.1. The molecule has 120 valence electrons. The number of ether oxygens (including phenoxy) is 2. The number of hydrogen-bond donors (Lipinski definition) is 0. The third kappa shape index (κ3) is 2.87. The summed E-state index contributed by atoms with van der Waals surface area (Å²) < 4.78 is 12.8. The van der Waals surface area contributed by atoms with E-state index in [0.29, 0.717) is 0 Å². The van der Waals surface area contributed by atoms with Gasteiger partial charge in [0.25, 0.3) is 0 Å². The van der Waals surface area contributed by atoms with Crippen LogP contribution in [0.2, 0.25) is 0 Å². The Bertz CT molecular complexity index is 719. The predicted octanol–water partition coefficient (Wildman–Crippen LogP) is 1.38. The minimum Gasteiger partial charge on any atom is -0.458 e. The van der Waals surface area contributed by atoms with Crippen LogP contribution in [0.3, 0.4) is 0 Å². The second-order valence-electron chi connectivity index (χ2n) is 5.79. The number of benzene rings is 1. The summed E-state index contributed by atoms with van der Waals surface area (Å²) in [6.45, 7) is 4.83. The van der Waals surface area contributed by atoms with Crippen LogP contribution < -0.4 is 14.4 Å². The van der Waals surface area contributed by atoms with Gasteiger partial charge in [0.2, 0.25) is 5.95 Å². The van der Waals surface area contributed by atoms with E-state index in [1.165, 1.54) is 5.56 Å². The van der Waals surface area contributed by atoms with Gasteiger partial charge >= 0.3 is 0 Å². The van der Waals surface area contributed by atoms with Gasteiger partial charge in [-0.15, -0.1) is 10.2 Å². The Morgan fingerprint density at radius 3 is 2.57 bits per heavy atom. The summed E-state index contributed by atoms with van der Waals surface area (Å²) >= 11 is 0. The molecule has 7 nitrogen and oxygen atoms in total. The highest BCUT2D eigenvalue weighted by molar-refractivity contribution is 5.44. The van der Waals surface area contributed by atoms with Crippen molar-refractivity contribution in [3.8, 4) is 11.5 Å². The second kappa shape index (κ2) is 5.92. The number of fused-ring (bicyclic) bond motifs is 1. The molecule has 2 aliphatic rings. The van der Waals surface area contributed by atoms with Gasteiger partial charge in [-0.2, -0.15) is 0 Å². The SMILES string of the molecule is Cn1cnnc1N1CCN(Cc2ccc3c(c2)OC=CO3)CC1. The average molecular weight is 313 g/mol. The lowest BCUT2D eigenvalue weighted by molar-refractivity contribution is 0.247. The van der Waals surface area contributed by atoms with Crippen molar-refractivity contribution >= 4 is 5.95 Å². The Labute approximate surface area is 134 Å². The van der Waals surface area contributed by atoms with Gasteiger partial charge in [0.15, 0.2) is 11.5 Å². The van der Waals surface area contributed by atoms with Crippen LogP contribution in [0.1, 0.15) is 5.56 Å². The molecule has 1 aromatic carbocycles. The van der Waals surface area contributed by atoms with Crippen molar-refractivity contribution in [1.82, 2.24) is 19.7 Å². The lowest BCUT2D eigenvalue weighted by atomic mass is 10.1. The molecule has 7 heteroatoms. The Morgan fingerprint density at radius 1 is 1.04 bits per heavy atom. The number of piperazine rings is 1. The highest BCUT2D eigenvalue weighted by Gasteiger charge is 2.20. The van der Waals surface area contributed by atoms with Gasteiger partial charge < -0.3 is 18.9 Å². The van der Waals surface area contributed by atoms with E-state index in [2.05, 4.69) is 26.1 Å². The zero-order valence-electron chi connectivity index (χ0n) is 13.1. The van der Waals surface area contributed by atoms with E-state index in [4.69, 9.17) is 9.47 Å². The maximum atomic E-state index is 5.48. The minimum absolute atomic E-state index is 0.767. The van der Waals surface area contributed by atoms with E-state index in [-0.39, 0.29) is 0 Å². The normalized spacial score (nSPS) is 17.5. The molecule has 0 aliphatic carbocycles. The Morgan fingerprint density at radius 2 is 1.83 bits per heavy atom. The molecule has 0 unspecified atom stereocenters. The first kappa shape index (κ1) is 14.1. The molecule has 2 aliphatic heterocycles. The van der Waals surface area contributed by atoms with Crippen LogP contribution in [-0.2, 0) is 13.6 Å². The maximum absolute atomic E-state index is 5.48.